The van der Waals surface area contributed by atoms with Crippen molar-refractivity contribution in [1.82, 2.24) is 0 Å². The highest BCUT2D eigenvalue weighted by molar-refractivity contribution is 5.97. The van der Waals surface area contributed by atoms with E-state index in [0.717, 1.165) is 29.5 Å². The average Bonchev–Trinajstić information content (AvgIpc) is 2.66. The zero-order valence-electron chi connectivity index (χ0n) is 15.8. The van der Waals surface area contributed by atoms with Crippen molar-refractivity contribution < 1.29 is 9.53 Å². The van der Waals surface area contributed by atoms with Gasteiger partial charge in [-0.05, 0) is 48.1 Å². The Kier molecular flexibility index (Phi) is 7.89. The summed E-state index contributed by atoms with van der Waals surface area (Å²) in [6.45, 7) is 4.38. The maximum absolute atomic E-state index is 12.4. The Bertz CT molecular complexity index is 774. The smallest absolute Gasteiger partial charge is 0.338 e. The summed E-state index contributed by atoms with van der Waals surface area (Å²) in [7, 11) is 0. The number of ether oxygens (including phenoxy) is 1. The third kappa shape index (κ3) is 5.20. The van der Waals surface area contributed by atoms with Gasteiger partial charge in [0.25, 0.3) is 0 Å². The first-order valence-electron chi connectivity index (χ1n) is 9.46. The number of nitriles is 1. The standard InChI is InChI=1S/C23H27NO2/c1-3-5-6-7-10-19-17-18(15-16-24)13-14-20(19)21-11-8-9-12-22(21)23(25)26-4-2/h8-9,11-14,17H,3-7,10,15H2,1-2H3. The Morgan fingerprint density at radius 3 is 2.58 bits per heavy atom. The molecule has 3 heteroatoms. The second kappa shape index (κ2) is 10.4. The summed E-state index contributed by atoms with van der Waals surface area (Å²) in [5.41, 5.74) is 4.78. The predicted molar refractivity (Wildman–Crippen MR) is 105 cm³/mol. The molecule has 0 heterocycles. The maximum atomic E-state index is 12.4. The van der Waals surface area contributed by atoms with Crippen molar-refractivity contribution in [3.63, 3.8) is 0 Å². The van der Waals surface area contributed by atoms with Crippen LogP contribution in [0.1, 0.15) is 61.0 Å². The van der Waals surface area contributed by atoms with Crippen LogP contribution >= 0.6 is 0 Å². The van der Waals surface area contributed by atoms with Gasteiger partial charge < -0.3 is 4.74 Å². The Morgan fingerprint density at radius 1 is 1.04 bits per heavy atom. The highest BCUT2D eigenvalue weighted by Crippen LogP contribution is 2.30. The topological polar surface area (TPSA) is 50.1 Å². The Hall–Kier alpha value is -2.60. The molecule has 0 radical (unpaired) electrons. The van der Waals surface area contributed by atoms with Crippen LogP contribution in [0.5, 0.6) is 0 Å². The number of hydrogen-bond acceptors (Lipinski definition) is 3. The molecule has 136 valence electrons. The van der Waals surface area contributed by atoms with Crippen molar-refractivity contribution in [3.8, 4) is 17.2 Å². The van der Waals surface area contributed by atoms with Crippen LogP contribution in [0.15, 0.2) is 42.5 Å². The lowest BCUT2D eigenvalue weighted by molar-refractivity contribution is 0.0527. The molecule has 0 N–H and O–H groups in total. The molecule has 0 unspecified atom stereocenters. The summed E-state index contributed by atoms with van der Waals surface area (Å²) in [5.74, 6) is -0.291. The molecule has 0 bridgehead atoms. The number of esters is 1. The molecular weight excluding hydrogens is 322 g/mol. The van der Waals surface area contributed by atoms with Crippen LogP contribution in [0.4, 0.5) is 0 Å². The lowest BCUT2D eigenvalue weighted by Crippen LogP contribution is -2.07. The molecule has 0 aromatic heterocycles. The molecular formula is C23H27NO2. The Labute approximate surface area is 156 Å². The van der Waals surface area contributed by atoms with Gasteiger partial charge in [-0.3, -0.25) is 0 Å². The van der Waals surface area contributed by atoms with Crippen LogP contribution in [0.3, 0.4) is 0 Å². The average molecular weight is 349 g/mol. The van der Waals surface area contributed by atoms with Crippen LogP contribution in [0, 0.1) is 11.3 Å². The molecule has 2 rings (SSSR count). The van der Waals surface area contributed by atoms with E-state index >= 15 is 0 Å². The van der Waals surface area contributed by atoms with Crippen molar-refractivity contribution in [2.75, 3.05) is 6.61 Å². The molecule has 0 fully saturated rings. The first-order valence-corrected chi connectivity index (χ1v) is 9.46. The molecule has 0 saturated carbocycles. The van der Waals surface area contributed by atoms with E-state index in [4.69, 9.17) is 10.00 Å². The molecule has 0 aliphatic carbocycles. The Morgan fingerprint density at radius 2 is 1.85 bits per heavy atom. The molecule has 2 aromatic rings. The van der Waals surface area contributed by atoms with Crippen molar-refractivity contribution in [3.05, 3.63) is 59.2 Å². The number of carbonyl (C=O) groups excluding carboxylic acids is 1. The van der Waals surface area contributed by atoms with Crippen molar-refractivity contribution in [1.29, 1.82) is 5.26 Å². The monoisotopic (exact) mass is 349 g/mol. The van der Waals surface area contributed by atoms with Gasteiger partial charge in [0.05, 0.1) is 24.7 Å². The fraction of sp³-hybridized carbons (Fsp3) is 0.391. The highest BCUT2D eigenvalue weighted by Gasteiger charge is 2.16. The second-order valence-corrected chi connectivity index (χ2v) is 6.40. The SMILES string of the molecule is CCCCCCc1cc(CC#N)ccc1-c1ccccc1C(=O)OCC. The fourth-order valence-corrected chi connectivity index (χ4v) is 3.16. The molecule has 2 aromatic carbocycles. The van der Waals surface area contributed by atoms with Crippen LogP contribution in [0.25, 0.3) is 11.1 Å². The predicted octanol–water partition coefficient (Wildman–Crippen LogP) is 5.72. The van der Waals surface area contributed by atoms with Gasteiger partial charge in [0.1, 0.15) is 0 Å². The molecule has 0 aliphatic heterocycles. The summed E-state index contributed by atoms with van der Waals surface area (Å²) >= 11 is 0. The quantitative estimate of drug-likeness (QED) is 0.430. The van der Waals surface area contributed by atoms with Crippen LogP contribution in [-0.4, -0.2) is 12.6 Å². The van der Waals surface area contributed by atoms with Crippen molar-refractivity contribution in [2.45, 2.75) is 52.4 Å². The first kappa shape index (κ1) is 19.7. The lowest BCUT2D eigenvalue weighted by atomic mass is 9.91. The van der Waals surface area contributed by atoms with Gasteiger partial charge in [-0.15, -0.1) is 0 Å². The van der Waals surface area contributed by atoms with Gasteiger partial charge in [0.15, 0.2) is 0 Å². The molecule has 26 heavy (non-hydrogen) atoms. The minimum absolute atomic E-state index is 0.291. The molecule has 0 saturated heterocycles. The summed E-state index contributed by atoms with van der Waals surface area (Å²) in [6.07, 6.45) is 6.09. The fourth-order valence-electron chi connectivity index (χ4n) is 3.16. The van der Waals surface area contributed by atoms with Gasteiger partial charge in [-0.25, -0.2) is 4.79 Å². The van der Waals surface area contributed by atoms with Gasteiger partial charge in [0, 0.05) is 0 Å². The normalized spacial score (nSPS) is 10.3. The van der Waals surface area contributed by atoms with E-state index in [1.54, 1.807) is 0 Å². The summed E-state index contributed by atoms with van der Waals surface area (Å²) in [6, 6.07) is 16.0. The molecule has 0 aliphatic rings. The number of carbonyl (C=O) groups is 1. The first-order chi connectivity index (χ1) is 12.7. The molecule has 0 amide bonds. The van der Waals surface area contributed by atoms with Crippen LogP contribution < -0.4 is 0 Å². The lowest BCUT2D eigenvalue weighted by Gasteiger charge is -2.14. The second-order valence-electron chi connectivity index (χ2n) is 6.40. The van der Waals surface area contributed by atoms with E-state index < -0.39 is 0 Å². The zero-order valence-corrected chi connectivity index (χ0v) is 15.8. The van der Waals surface area contributed by atoms with E-state index in [1.807, 2.05) is 43.3 Å². The van der Waals surface area contributed by atoms with Gasteiger partial charge in [-0.2, -0.15) is 5.26 Å². The molecule has 0 spiro atoms. The summed E-state index contributed by atoms with van der Waals surface area (Å²) in [4.78, 5) is 12.4. The number of rotatable bonds is 9. The zero-order chi connectivity index (χ0) is 18.8. The van der Waals surface area contributed by atoms with Crippen LogP contribution in [0.2, 0.25) is 0 Å². The number of benzene rings is 2. The largest absolute Gasteiger partial charge is 0.462 e. The van der Waals surface area contributed by atoms with E-state index in [2.05, 4.69) is 19.1 Å². The Balaban J connectivity index is 2.41. The summed E-state index contributed by atoms with van der Waals surface area (Å²) in [5, 5.41) is 9.01. The number of nitrogens with zero attached hydrogens (tertiary/aromatic N) is 1. The number of hydrogen-bond donors (Lipinski definition) is 0. The maximum Gasteiger partial charge on any atom is 0.338 e. The highest BCUT2D eigenvalue weighted by atomic mass is 16.5. The summed E-state index contributed by atoms with van der Waals surface area (Å²) < 4.78 is 5.22. The van der Waals surface area contributed by atoms with Gasteiger partial charge in [-0.1, -0.05) is 62.6 Å². The third-order valence-electron chi connectivity index (χ3n) is 4.47. The number of aryl methyl sites for hydroxylation is 1. The molecule has 0 atom stereocenters. The minimum atomic E-state index is -0.291. The van der Waals surface area contributed by atoms with Crippen molar-refractivity contribution in [2.24, 2.45) is 0 Å². The van der Waals surface area contributed by atoms with Crippen molar-refractivity contribution >= 4 is 5.97 Å². The minimum Gasteiger partial charge on any atom is -0.462 e. The van der Waals surface area contributed by atoms with E-state index in [0.29, 0.717) is 18.6 Å². The van der Waals surface area contributed by atoms with Gasteiger partial charge in [0.2, 0.25) is 0 Å². The molecule has 3 nitrogen and oxygen atoms in total. The van der Waals surface area contributed by atoms with Gasteiger partial charge >= 0.3 is 5.97 Å². The van der Waals surface area contributed by atoms with E-state index in [9.17, 15) is 4.79 Å². The third-order valence-corrected chi connectivity index (χ3v) is 4.47. The van der Waals surface area contributed by atoms with E-state index in [-0.39, 0.29) is 5.97 Å². The number of unbranched alkanes of at least 4 members (excludes halogenated alkanes) is 3. The van der Waals surface area contributed by atoms with E-state index in [1.165, 1.54) is 24.8 Å². The van der Waals surface area contributed by atoms with Crippen LogP contribution in [-0.2, 0) is 17.6 Å².